The predicted octanol–water partition coefficient (Wildman–Crippen LogP) is 3.66. The molecule has 18 heavy (non-hydrogen) atoms. The van der Waals surface area contributed by atoms with E-state index < -0.39 is 0 Å². The second-order valence-electron chi connectivity index (χ2n) is 5.25. The topological polar surface area (TPSA) is 27.1 Å². The van der Waals surface area contributed by atoms with E-state index in [1.807, 2.05) is 17.9 Å². The molecule has 1 aromatic carbocycles. The van der Waals surface area contributed by atoms with E-state index in [-0.39, 0.29) is 6.10 Å². The van der Waals surface area contributed by atoms with Gasteiger partial charge in [-0.05, 0) is 24.5 Å². The number of ether oxygens (including phenoxy) is 1. The van der Waals surface area contributed by atoms with E-state index in [4.69, 9.17) is 4.74 Å². The Balaban J connectivity index is 2.26. The summed E-state index contributed by atoms with van der Waals surface area (Å²) < 4.78 is 7.97. The first-order valence-corrected chi connectivity index (χ1v) is 6.41. The summed E-state index contributed by atoms with van der Waals surface area (Å²) in [6.45, 7) is 6.47. The van der Waals surface area contributed by atoms with Crippen molar-refractivity contribution in [2.75, 3.05) is 0 Å². The van der Waals surface area contributed by atoms with Crippen LogP contribution in [0.4, 0.5) is 0 Å². The second-order valence-corrected chi connectivity index (χ2v) is 5.25. The lowest BCUT2D eigenvalue weighted by molar-refractivity contribution is 0.220. The predicted molar refractivity (Wildman–Crippen MR) is 71.8 cm³/mol. The van der Waals surface area contributed by atoms with Crippen LogP contribution >= 0.6 is 0 Å². The highest BCUT2D eigenvalue weighted by molar-refractivity contribution is 5.74. The number of benzene rings is 1. The molecule has 94 valence electrons. The molecule has 0 fully saturated rings. The van der Waals surface area contributed by atoms with Gasteiger partial charge in [0.25, 0.3) is 0 Å². The molecule has 3 heteroatoms. The molecule has 2 aromatic rings. The summed E-state index contributed by atoms with van der Waals surface area (Å²) in [6.07, 6.45) is 2.12. The fourth-order valence-corrected chi connectivity index (χ4v) is 2.58. The summed E-state index contributed by atoms with van der Waals surface area (Å²) in [5, 5.41) is 4.58. The van der Waals surface area contributed by atoms with Crippen LogP contribution in [0, 0.1) is 0 Å². The Morgan fingerprint density at radius 2 is 2.11 bits per heavy atom. The van der Waals surface area contributed by atoms with Gasteiger partial charge in [0.1, 0.15) is 17.5 Å². The maximum absolute atomic E-state index is 6.11. The Morgan fingerprint density at radius 1 is 1.33 bits per heavy atom. The van der Waals surface area contributed by atoms with Crippen molar-refractivity contribution in [3.63, 3.8) is 0 Å². The highest BCUT2D eigenvalue weighted by Crippen LogP contribution is 2.44. The standard InChI is InChI=1S/C15H18N2O/c1-9(2)11-6-5-7-12-14-13(8-17(4)16-14)10(3)18-15(11)12/h5-10H,1-4H3. The summed E-state index contributed by atoms with van der Waals surface area (Å²) in [4.78, 5) is 0. The van der Waals surface area contributed by atoms with Gasteiger partial charge >= 0.3 is 0 Å². The Hall–Kier alpha value is -1.77. The van der Waals surface area contributed by atoms with Gasteiger partial charge in [-0.3, -0.25) is 4.68 Å². The van der Waals surface area contributed by atoms with Crippen molar-refractivity contribution in [1.82, 2.24) is 9.78 Å². The molecule has 1 unspecified atom stereocenters. The van der Waals surface area contributed by atoms with E-state index in [2.05, 4.69) is 44.1 Å². The molecule has 0 saturated heterocycles. The van der Waals surface area contributed by atoms with Crippen molar-refractivity contribution in [2.45, 2.75) is 32.8 Å². The SMILES string of the molecule is CC(C)c1cccc2c1OC(C)c1cn(C)nc1-2. The van der Waals surface area contributed by atoms with Crippen LogP contribution in [-0.2, 0) is 7.05 Å². The van der Waals surface area contributed by atoms with E-state index in [0.29, 0.717) is 5.92 Å². The largest absolute Gasteiger partial charge is 0.485 e. The molecule has 0 amide bonds. The maximum atomic E-state index is 6.11. The van der Waals surface area contributed by atoms with E-state index in [1.54, 1.807) is 0 Å². The van der Waals surface area contributed by atoms with Gasteiger partial charge in [0.2, 0.25) is 0 Å². The molecule has 1 atom stereocenters. The zero-order valence-electron chi connectivity index (χ0n) is 11.3. The molecule has 0 radical (unpaired) electrons. The summed E-state index contributed by atoms with van der Waals surface area (Å²) in [5.41, 5.74) is 4.62. The van der Waals surface area contributed by atoms with Gasteiger partial charge in [-0.2, -0.15) is 5.10 Å². The number of aromatic nitrogens is 2. The van der Waals surface area contributed by atoms with Crippen LogP contribution in [0.2, 0.25) is 0 Å². The minimum absolute atomic E-state index is 0.0705. The third-order valence-corrected chi connectivity index (χ3v) is 3.51. The van der Waals surface area contributed by atoms with E-state index in [0.717, 1.165) is 17.0 Å². The number of fused-ring (bicyclic) bond motifs is 3. The monoisotopic (exact) mass is 242 g/mol. The van der Waals surface area contributed by atoms with Gasteiger partial charge in [-0.15, -0.1) is 0 Å². The first-order valence-electron chi connectivity index (χ1n) is 6.41. The van der Waals surface area contributed by atoms with Crippen molar-refractivity contribution >= 4 is 0 Å². The molecular formula is C15H18N2O. The van der Waals surface area contributed by atoms with E-state index in [9.17, 15) is 0 Å². The van der Waals surface area contributed by atoms with Crippen molar-refractivity contribution < 1.29 is 4.74 Å². The van der Waals surface area contributed by atoms with Crippen LogP contribution in [0.3, 0.4) is 0 Å². The number of hydrogen-bond donors (Lipinski definition) is 0. The molecule has 3 nitrogen and oxygen atoms in total. The summed E-state index contributed by atoms with van der Waals surface area (Å²) in [5.74, 6) is 1.46. The van der Waals surface area contributed by atoms with Gasteiger partial charge in [-0.25, -0.2) is 0 Å². The van der Waals surface area contributed by atoms with Gasteiger partial charge in [-0.1, -0.05) is 26.0 Å². The molecule has 1 aliphatic rings. The van der Waals surface area contributed by atoms with Crippen molar-refractivity contribution in [1.29, 1.82) is 0 Å². The molecule has 0 saturated carbocycles. The quantitative estimate of drug-likeness (QED) is 0.763. The lowest BCUT2D eigenvalue weighted by Crippen LogP contribution is -2.11. The molecule has 1 aromatic heterocycles. The third kappa shape index (κ3) is 1.54. The van der Waals surface area contributed by atoms with Crippen LogP contribution in [-0.4, -0.2) is 9.78 Å². The number of aryl methyl sites for hydroxylation is 1. The van der Waals surface area contributed by atoms with Gasteiger partial charge in [0, 0.05) is 24.4 Å². The highest BCUT2D eigenvalue weighted by Gasteiger charge is 2.28. The Bertz CT molecular complexity index is 599. The average Bonchev–Trinajstić information content (AvgIpc) is 2.71. The molecule has 0 bridgehead atoms. The Morgan fingerprint density at radius 3 is 2.83 bits per heavy atom. The number of hydrogen-bond acceptors (Lipinski definition) is 2. The van der Waals surface area contributed by atoms with Crippen LogP contribution < -0.4 is 4.74 Å². The first kappa shape index (κ1) is 11.3. The average molecular weight is 242 g/mol. The maximum Gasteiger partial charge on any atom is 0.133 e. The highest BCUT2D eigenvalue weighted by atomic mass is 16.5. The van der Waals surface area contributed by atoms with Crippen LogP contribution in [0.15, 0.2) is 24.4 Å². The van der Waals surface area contributed by atoms with Crippen LogP contribution in [0.25, 0.3) is 11.3 Å². The number of para-hydroxylation sites is 1. The van der Waals surface area contributed by atoms with Crippen molar-refractivity contribution in [2.24, 2.45) is 7.05 Å². The Kier molecular flexibility index (Phi) is 2.44. The third-order valence-electron chi connectivity index (χ3n) is 3.51. The minimum Gasteiger partial charge on any atom is -0.485 e. The van der Waals surface area contributed by atoms with E-state index in [1.165, 1.54) is 11.1 Å². The fourth-order valence-electron chi connectivity index (χ4n) is 2.58. The number of rotatable bonds is 1. The lowest BCUT2D eigenvalue weighted by Gasteiger charge is -2.26. The molecule has 2 heterocycles. The summed E-state index contributed by atoms with van der Waals surface area (Å²) >= 11 is 0. The molecular weight excluding hydrogens is 224 g/mol. The van der Waals surface area contributed by atoms with Crippen LogP contribution in [0.5, 0.6) is 5.75 Å². The van der Waals surface area contributed by atoms with Crippen LogP contribution in [0.1, 0.15) is 43.9 Å². The molecule has 0 aliphatic carbocycles. The van der Waals surface area contributed by atoms with Gasteiger partial charge in [0.15, 0.2) is 0 Å². The molecule has 0 N–H and O–H groups in total. The zero-order valence-corrected chi connectivity index (χ0v) is 11.3. The first-order chi connectivity index (χ1) is 8.58. The normalized spacial score (nSPS) is 17.3. The van der Waals surface area contributed by atoms with Crippen molar-refractivity contribution in [3.05, 3.63) is 35.5 Å². The molecule has 0 spiro atoms. The molecule has 1 aliphatic heterocycles. The fraction of sp³-hybridized carbons (Fsp3) is 0.400. The van der Waals surface area contributed by atoms with Gasteiger partial charge < -0.3 is 4.74 Å². The van der Waals surface area contributed by atoms with Gasteiger partial charge in [0.05, 0.1) is 0 Å². The second kappa shape index (κ2) is 3.87. The molecule has 3 rings (SSSR count). The lowest BCUT2D eigenvalue weighted by atomic mass is 9.93. The summed E-state index contributed by atoms with van der Waals surface area (Å²) in [6, 6.07) is 6.33. The van der Waals surface area contributed by atoms with Crippen molar-refractivity contribution in [3.8, 4) is 17.0 Å². The number of nitrogens with zero attached hydrogens (tertiary/aromatic N) is 2. The Labute approximate surface area is 107 Å². The van der Waals surface area contributed by atoms with E-state index >= 15 is 0 Å². The summed E-state index contributed by atoms with van der Waals surface area (Å²) in [7, 11) is 1.96. The minimum atomic E-state index is 0.0705. The zero-order chi connectivity index (χ0) is 12.9. The smallest absolute Gasteiger partial charge is 0.133 e.